The molecule has 6 heteroatoms. The van der Waals surface area contributed by atoms with Gasteiger partial charge in [-0.25, -0.2) is 9.59 Å². The van der Waals surface area contributed by atoms with Crippen LogP contribution in [-0.4, -0.2) is 22.7 Å². The van der Waals surface area contributed by atoms with E-state index in [9.17, 15) is 9.59 Å². The first-order valence-corrected chi connectivity index (χ1v) is 7.14. The predicted octanol–water partition coefficient (Wildman–Crippen LogP) is 2.68. The zero-order chi connectivity index (χ0) is 16.6. The number of nitrogens with one attached hydrogen (secondary N) is 1. The van der Waals surface area contributed by atoms with Crippen LogP contribution in [0.4, 0.5) is 5.69 Å². The summed E-state index contributed by atoms with van der Waals surface area (Å²) in [6.07, 6.45) is 4.83. The van der Waals surface area contributed by atoms with Crippen molar-refractivity contribution in [2.45, 2.75) is 26.6 Å². The Morgan fingerprint density at radius 2 is 1.83 bits per heavy atom. The monoisotopic (exact) mass is 312 g/mol. The van der Waals surface area contributed by atoms with Gasteiger partial charge in [-0.2, -0.15) is 0 Å². The molecule has 0 bridgehead atoms. The van der Waals surface area contributed by atoms with Crippen LogP contribution in [-0.2, 0) is 19.1 Å². The molecule has 2 heterocycles. The summed E-state index contributed by atoms with van der Waals surface area (Å²) in [6, 6.07) is 5.67. The van der Waals surface area contributed by atoms with Crippen LogP contribution in [0, 0.1) is 6.92 Å². The van der Waals surface area contributed by atoms with E-state index in [4.69, 9.17) is 9.47 Å². The summed E-state index contributed by atoms with van der Waals surface area (Å²) in [5.41, 5.74) is 1.58. The lowest BCUT2D eigenvalue weighted by molar-refractivity contribution is -0.222. The maximum atomic E-state index is 11.9. The Hall–Kier alpha value is -2.89. The van der Waals surface area contributed by atoms with Crippen LogP contribution in [0.5, 0.6) is 0 Å². The molecule has 6 nitrogen and oxygen atoms in total. The maximum Gasteiger partial charge on any atom is 0.350 e. The minimum Gasteiger partial charge on any atom is -0.419 e. The number of carbonyl (C=O) groups is 2. The highest BCUT2D eigenvalue weighted by atomic mass is 16.7. The lowest BCUT2D eigenvalue weighted by Crippen LogP contribution is -2.42. The number of pyridine rings is 1. The van der Waals surface area contributed by atoms with Gasteiger partial charge in [-0.05, 0) is 18.6 Å². The van der Waals surface area contributed by atoms with Gasteiger partial charge in [-0.15, -0.1) is 0 Å². The fourth-order valence-corrected chi connectivity index (χ4v) is 2.46. The van der Waals surface area contributed by atoms with Gasteiger partial charge in [-0.3, -0.25) is 4.98 Å². The molecule has 0 spiro atoms. The standard InChI is InChI=1S/C17H16N2O4/c1-10-7-18-8-11-5-4-6-13(14(10)11)19-9-12-15(20)22-17(2,3)23-16(12)21/h4-9,19H,1-3H3. The van der Waals surface area contributed by atoms with E-state index in [-0.39, 0.29) is 5.57 Å². The molecule has 2 aromatic rings. The van der Waals surface area contributed by atoms with Gasteiger partial charge in [0.15, 0.2) is 5.57 Å². The zero-order valence-electron chi connectivity index (χ0n) is 13.0. The van der Waals surface area contributed by atoms with E-state index in [0.29, 0.717) is 0 Å². The van der Waals surface area contributed by atoms with Gasteiger partial charge in [-0.1, -0.05) is 12.1 Å². The number of anilines is 1. The van der Waals surface area contributed by atoms with Crippen LogP contribution in [0.3, 0.4) is 0 Å². The molecule has 23 heavy (non-hydrogen) atoms. The largest absolute Gasteiger partial charge is 0.419 e. The molecule has 1 aliphatic heterocycles. The molecule has 118 valence electrons. The summed E-state index contributed by atoms with van der Waals surface area (Å²) in [5.74, 6) is -2.66. The number of fused-ring (bicyclic) bond motifs is 1. The molecule has 0 radical (unpaired) electrons. The Morgan fingerprint density at radius 3 is 2.52 bits per heavy atom. The number of benzene rings is 1. The Labute approximate surface area is 133 Å². The number of aryl methyl sites for hydroxylation is 1. The number of hydrogen-bond donors (Lipinski definition) is 1. The number of nitrogens with zero attached hydrogens (tertiary/aromatic N) is 1. The molecule has 0 amide bonds. The summed E-state index contributed by atoms with van der Waals surface area (Å²) in [4.78, 5) is 28.0. The average Bonchev–Trinajstić information content (AvgIpc) is 2.45. The summed E-state index contributed by atoms with van der Waals surface area (Å²) in [7, 11) is 0. The number of cyclic esters (lactones) is 2. The van der Waals surface area contributed by atoms with Crippen LogP contribution in [0.1, 0.15) is 19.4 Å². The van der Waals surface area contributed by atoms with E-state index in [2.05, 4.69) is 10.3 Å². The van der Waals surface area contributed by atoms with Crippen molar-refractivity contribution in [3.05, 3.63) is 47.9 Å². The second kappa shape index (κ2) is 5.39. The highest BCUT2D eigenvalue weighted by molar-refractivity contribution is 6.15. The minimum absolute atomic E-state index is 0.173. The van der Waals surface area contributed by atoms with Crippen molar-refractivity contribution in [2.24, 2.45) is 0 Å². The molecule has 1 aliphatic rings. The first kappa shape index (κ1) is 15.0. The number of carbonyl (C=O) groups excluding carboxylic acids is 2. The highest BCUT2D eigenvalue weighted by Gasteiger charge is 2.38. The molecule has 0 atom stereocenters. The van der Waals surface area contributed by atoms with Crippen LogP contribution in [0.25, 0.3) is 10.8 Å². The van der Waals surface area contributed by atoms with Gasteiger partial charge >= 0.3 is 11.9 Å². The summed E-state index contributed by atoms with van der Waals surface area (Å²) in [6.45, 7) is 4.96. The van der Waals surface area contributed by atoms with E-state index in [1.54, 1.807) is 12.4 Å². The fourth-order valence-electron chi connectivity index (χ4n) is 2.46. The van der Waals surface area contributed by atoms with Gasteiger partial charge in [0.05, 0.1) is 0 Å². The van der Waals surface area contributed by atoms with Gasteiger partial charge < -0.3 is 14.8 Å². The van der Waals surface area contributed by atoms with E-state index in [0.717, 1.165) is 22.0 Å². The molecule has 1 aromatic carbocycles. The number of esters is 2. The van der Waals surface area contributed by atoms with Crippen LogP contribution in [0.15, 0.2) is 42.4 Å². The molecule has 0 saturated carbocycles. The first-order valence-electron chi connectivity index (χ1n) is 7.14. The summed E-state index contributed by atoms with van der Waals surface area (Å²) >= 11 is 0. The van der Waals surface area contributed by atoms with Crippen molar-refractivity contribution in [1.29, 1.82) is 0 Å². The summed E-state index contributed by atoms with van der Waals surface area (Å²) in [5, 5.41) is 4.93. The van der Waals surface area contributed by atoms with Crippen molar-refractivity contribution >= 4 is 28.4 Å². The predicted molar refractivity (Wildman–Crippen MR) is 84.4 cm³/mol. The molecule has 1 N–H and O–H groups in total. The minimum atomic E-state index is -1.24. The van der Waals surface area contributed by atoms with Crippen LogP contribution >= 0.6 is 0 Å². The number of aromatic nitrogens is 1. The van der Waals surface area contributed by atoms with Crippen molar-refractivity contribution in [3.8, 4) is 0 Å². The number of rotatable bonds is 2. The van der Waals surface area contributed by atoms with Gasteiger partial charge in [0.2, 0.25) is 0 Å². The Kier molecular flexibility index (Phi) is 3.52. The molecular weight excluding hydrogens is 296 g/mol. The second-order valence-electron chi connectivity index (χ2n) is 5.74. The quantitative estimate of drug-likeness (QED) is 0.522. The van der Waals surface area contributed by atoms with Gasteiger partial charge in [0.1, 0.15) is 0 Å². The summed E-state index contributed by atoms with van der Waals surface area (Å²) < 4.78 is 10.1. The Balaban J connectivity index is 1.95. The van der Waals surface area contributed by atoms with E-state index in [1.807, 2.05) is 25.1 Å². The van der Waals surface area contributed by atoms with Gasteiger partial charge in [0, 0.05) is 48.9 Å². The SMILES string of the molecule is Cc1cncc2cccc(NC=C3C(=O)OC(C)(C)OC3=O)c12. The normalized spacial score (nSPS) is 16.7. The lowest BCUT2D eigenvalue weighted by Gasteiger charge is -2.29. The van der Waals surface area contributed by atoms with Crippen molar-refractivity contribution in [3.63, 3.8) is 0 Å². The van der Waals surface area contributed by atoms with Gasteiger partial charge in [0.25, 0.3) is 5.79 Å². The molecule has 1 saturated heterocycles. The van der Waals surface area contributed by atoms with Crippen LogP contribution in [0.2, 0.25) is 0 Å². The van der Waals surface area contributed by atoms with E-state index in [1.165, 1.54) is 20.0 Å². The third-order valence-electron chi connectivity index (χ3n) is 3.46. The fraction of sp³-hybridized carbons (Fsp3) is 0.235. The smallest absolute Gasteiger partial charge is 0.350 e. The third kappa shape index (κ3) is 2.88. The van der Waals surface area contributed by atoms with E-state index >= 15 is 0 Å². The van der Waals surface area contributed by atoms with Crippen LogP contribution < -0.4 is 5.32 Å². The molecule has 1 aromatic heterocycles. The molecule has 1 fully saturated rings. The molecular formula is C17H16N2O4. The zero-order valence-corrected chi connectivity index (χ0v) is 13.0. The topological polar surface area (TPSA) is 77.5 Å². The number of ether oxygens (including phenoxy) is 2. The molecule has 0 aliphatic carbocycles. The average molecular weight is 312 g/mol. The van der Waals surface area contributed by atoms with E-state index < -0.39 is 17.7 Å². The van der Waals surface area contributed by atoms with Crippen molar-refractivity contribution in [2.75, 3.05) is 5.32 Å². The maximum absolute atomic E-state index is 11.9. The second-order valence-corrected chi connectivity index (χ2v) is 5.74. The Bertz CT molecular complexity index is 812. The molecule has 3 rings (SSSR count). The Morgan fingerprint density at radius 1 is 1.13 bits per heavy atom. The lowest BCUT2D eigenvalue weighted by atomic mass is 10.1. The first-order chi connectivity index (χ1) is 10.9. The molecule has 0 unspecified atom stereocenters. The third-order valence-corrected chi connectivity index (χ3v) is 3.46. The number of hydrogen-bond acceptors (Lipinski definition) is 6. The van der Waals surface area contributed by atoms with Crippen molar-refractivity contribution < 1.29 is 19.1 Å². The van der Waals surface area contributed by atoms with Crippen molar-refractivity contribution in [1.82, 2.24) is 4.98 Å². The highest BCUT2D eigenvalue weighted by Crippen LogP contribution is 2.27.